The molecular formula is C19H25N5O3. The fourth-order valence-electron chi connectivity index (χ4n) is 3.52. The highest BCUT2D eigenvalue weighted by atomic mass is 16.5. The third-order valence-corrected chi connectivity index (χ3v) is 5.02. The number of carbonyl (C=O) groups is 2. The number of nitrogens with one attached hydrogen (secondary N) is 1. The number of hydrogen-bond donors (Lipinski definition) is 1. The molecule has 1 aromatic rings. The molecule has 1 N–H and O–H groups in total. The molecule has 3 rings (SSSR count). The number of ether oxygens (including phenoxy) is 1. The van der Waals surface area contributed by atoms with Gasteiger partial charge >= 0.3 is 6.03 Å². The van der Waals surface area contributed by atoms with Crippen LogP contribution in [0.4, 0.5) is 10.5 Å². The van der Waals surface area contributed by atoms with Crippen LogP contribution < -0.4 is 15.0 Å². The number of nitriles is 1. The molecule has 2 saturated heterocycles. The molecule has 1 atom stereocenters. The Labute approximate surface area is 159 Å². The van der Waals surface area contributed by atoms with Gasteiger partial charge in [-0.05, 0) is 25.0 Å². The maximum Gasteiger partial charge on any atom is 0.324 e. The van der Waals surface area contributed by atoms with Gasteiger partial charge in [-0.3, -0.25) is 9.69 Å². The summed E-state index contributed by atoms with van der Waals surface area (Å²) < 4.78 is 5.22. The third kappa shape index (κ3) is 4.31. The largest absolute Gasteiger partial charge is 0.497 e. The van der Waals surface area contributed by atoms with Crippen molar-refractivity contribution < 1.29 is 14.3 Å². The molecule has 2 aliphatic rings. The van der Waals surface area contributed by atoms with E-state index in [1.807, 2.05) is 24.3 Å². The molecule has 2 fully saturated rings. The quantitative estimate of drug-likeness (QED) is 0.724. The number of urea groups is 1. The molecular weight excluding hydrogens is 346 g/mol. The van der Waals surface area contributed by atoms with Crippen LogP contribution in [-0.4, -0.2) is 74.2 Å². The van der Waals surface area contributed by atoms with Crippen LogP contribution in [0.15, 0.2) is 24.3 Å². The first kappa shape index (κ1) is 19.0. The van der Waals surface area contributed by atoms with E-state index in [2.05, 4.69) is 11.4 Å². The Kier molecular flexibility index (Phi) is 6.14. The summed E-state index contributed by atoms with van der Waals surface area (Å²) in [5.74, 6) is 0.668. The maximum atomic E-state index is 12.6. The van der Waals surface area contributed by atoms with Gasteiger partial charge in [-0.25, -0.2) is 4.79 Å². The van der Waals surface area contributed by atoms with Gasteiger partial charge in [-0.2, -0.15) is 5.26 Å². The van der Waals surface area contributed by atoms with Crippen LogP contribution >= 0.6 is 0 Å². The van der Waals surface area contributed by atoms with Crippen LogP contribution in [0.5, 0.6) is 5.75 Å². The Morgan fingerprint density at radius 1 is 1.37 bits per heavy atom. The average Bonchev–Trinajstić information content (AvgIpc) is 3.32. The van der Waals surface area contributed by atoms with E-state index in [9.17, 15) is 9.59 Å². The second-order valence-electron chi connectivity index (χ2n) is 6.67. The summed E-state index contributed by atoms with van der Waals surface area (Å²) in [7, 11) is 1.60. The summed E-state index contributed by atoms with van der Waals surface area (Å²) in [5.41, 5.74) is 0.821. The second kappa shape index (κ2) is 8.73. The van der Waals surface area contributed by atoms with E-state index in [0.29, 0.717) is 32.7 Å². The van der Waals surface area contributed by atoms with Crippen molar-refractivity contribution in [3.05, 3.63) is 24.3 Å². The van der Waals surface area contributed by atoms with E-state index in [-0.39, 0.29) is 24.5 Å². The lowest BCUT2D eigenvalue weighted by atomic mass is 10.2. The van der Waals surface area contributed by atoms with Gasteiger partial charge in [-0.1, -0.05) is 6.07 Å². The number of nitrogens with zero attached hydrogens (tertiary/aromatic N) is 4. The lowest BCUT2D eigenvalue weighted by Crippen LogP contribution is -2.43. The number of carbonyl (C=O) groups excluding carboxylic acids is 2. The molecule has 8 nitrogen and oxygen atoms in total. The van der Waals surface area contributed by atoms with Gasteiger partial charge in [0.1, 0.15) is 11.8 Å². The summed E-state index contributed by atoms with van der Waals surface area (Å²) in [4.78, 5) is 29.9. The zero-order valence-electron chi connectivity index (χ0n) is 15.6. The second-order valence-corrected chi connectivity index (χ2v) is 6.67. The smallest absolute Gasteiger partial charge is 0.324 e. The molecule has 8 heteroatoms. The minimum Gasteiger partial charge on any atom is -0.497 e. The standard InChI is InChI=1S/C19H25N5O3/c1-27-17-6-2-4-15(12-17)24-11-10-22(19(24)26)9-7-21-14-18(25)23-8-3-5-16(23)13-20/h2,4,6,12,16,21H,3,5,7-11,14H2,1H3/t16-/m0/s1. The number of anilines is 1. The molecule has 0 spiro atoms. The summed E-state index contributed by atoms with van der Waals surface area (Å²) in [5, 5.41) is 12.2. The summed E-state index contributed by atoms with van der Waals surface area (Å²) in [6, 6.07) is 9.29. The van der Waals surface area contributed by atoms with Gasteiger partial charge in [0, 0.05) is 44.5 Å². The van der Waals surface area contributed by atoms with E-state index in [1.165, 1.54) is 0 Å². The SMILES string of the molecule is COc1cccc(N2CCN(CCNCC(=O)N3CCC[C@H]3C#N)C2=O)c1. The van der Waals surface area contributed by atoms with Crippen LogP contribution in [0.1, 0.15) is 12.8 Å². The number of hydrogen-bond acceptors (Lipinski definition) is 5. The van der Waals surface area contributed by atoms with Gasteiger partial charge in [-0.15, -0.1) is 0 Å². The number of amides is 3. The normalized spacial score (nSPS) is 19.5. The fraction of sp³-hybridized carbons (Fsp3) is 0.526. The van der Waals surface area contributed by atoms with Crippen molar-refractivity contribution in [3.63, 3.8) is 0 Å². The van der Waals surface area contributed by atoms with Crippen molar-refractivity contribution >= 4 is 17.6 Å². The van der Waals surface area contributed by atoms with Crippen molar-refractivity contribution in [1.82, 2.24) is 15.1 Å². The molecule has 0 aromatic heterocycles. The Morgan fingerprint density at radius 3 is 3.00 bits per heavy atom. The predicted molar refractivity (Wildman–Crippen MR) is 101 cm³/mol. The highest BCUT2D eigenvalue weighted by molar-refractivity contribution is 5.94. The fourth-order valence-corrected chi connectivity index (χ4v) is 3.52. The van der Waals surface area contributed by atoms with E-state index in [4.69, 9.17) is 10.00 Å². The van der Waals surface area contributed by atoms with Crippen molar-refractivity contribution in [2.75, 3.05) is 51.3 Å². The summed E-state index contributed by atoms with van der Waals surface area (Å²) in [6.45, 7) is 3.19. The molecule has 27 heavy (non-hydrogen) atoms. The minimum absolute atomic E-state index is 0.0412. The van der Waals surface area contributed by atoms with E-state index in [1.54, 1.807) is 21.8 Å². The predicted octanol–water partition coefficient (Wildman–Crippen LogP) is 1.04. The lowest BCUT2D eigenvalue weighted by Gasteiger charge is -2.21. The van der Waals surface area contributed by atoms with Crippen molar-refractivity contribution in [2.24, 2.45) is 0 Å². The molecule has 0 radical (unpaired) electrons. The van der Waals surface area contributed by atoms with Crippen LogP contribution in [0, 0.1) is 11.3 Å². The Balaban J connectivity index is 1.43. The Bertz CT molecular complexity index is 732. The van der Waals surface area contributed by atoms with Crippen LogP contribution in [0.3, 0.4) is 0 Å². The van der Waals surface area contributed by atoms with Crippen LogP contribution in [-0.2, 0) is 4.79 Å². The average molecular weight is 371 g/mol. The topological polar surface area (TPSA) is 88.9 Å². The molecule has 0 unspecified atom stereocenters. The highest BCUT2D eigenvalue weighted by Crippen LogP contribution is 2.24. The molecule has 144 valence electrons. The first-order chi connectivity index (χ1) is 13.1. The van der Waals surface area contributed by atoms with E-state index < -0.39 is 0 Å². The minimum atomic E-state index is -0.295. The zero-order chi connectivity index (χ0) is 19.2. The first-order valence-corrected chi connectivity index (χ1v) is 9.24. The molecule has 2 aliphatic heterocycles. The number of benzene rings is 1. The van der Waals surface area contributed by atoms with Crippen molar-refractivity contribution in [3.8, 4) is 11.8 Å². The number of rotatable bonds is 7. The van der Waals surface area contributed by atoms with Crippen LogP contribution in [0.2, 0.25) is 0 Å². The highest BCUT2D eigenvalue weighted by Gasteiger charge is 2.30. The molecule has 2 heterocycles. The number of methoxy groups -OCH3 is 1. The van der Waals surface area contributed by atoms with Gasteiger partial charge < -0.3 is 19.9 Å². The van der Waals surface area contributed by atoms with Crippen LogP contribution in [0.25, 0.3) is 0 Å². The van der Waals surface area contributed by atoms with Gasteiger partial charge in [0.05, 0.1) is 19.7 Å². The zero-order valence-corrected chi connectivity index (χ0v) is 15.6. The Morgan fingerprint density at radius 2 is 2.22 bits per heavy atom. The summed E-state index contributed by atoms with van der Waals surface area (Å²) >= 11 is 0. The molecule has 0 saturated carbocycles. The van der Waals surface area contributed by atoms with E-state index >= 15 is 0 Å². The number of likely N-dealkylation sites (tertiary alicyclic amines) is 1. The van der Waals surface area contributed by atoms with Crippen molar-refractivity contribution in [1.29, 1.82) is 5.26 Å². The van der Waals surface area contributed by atoms with Gasteiger partial charge in [0.25, 0.3) is 0 Å². The monoisotopic (exact) mass is 371 g/mol. The lowest BCUT2D eigenvalue weighted by molar-refractivity contribution is -0.130. The molecule has 1 aromatic carbocycles. The Hall–Kier alpha value is -2.79. The van der Waals surface area contributed by atoms with E-state index in [0.717, 1.165) is 24.3 Å². The molecule has 3 amide bonds. The summed E-state index contributed by atoms with van der Waals surface area (Å²) in [6.07, 6.45) is 1.64. The maximum absolute atomic E-state index is 12.6. The third-order valence-electron chi connectivity index (χ3n) is 5.02. The first-order valence-electron chi connectivity index (χ1n) is 9.24. The van der Waals surface area contributed by atoms with Gasteiger partial charge in [0.15, 0.2) is 0 Å². The molecule has 0 bridgehead atoms. The molecule has 0 aliphatic carbocycles. The van der Waals surface area contributed by atoms with Crippen molar-refractivity contribution in [2.45, 2.75) is 18.9 Å². The van der Waals surface area contributed by atoms with Gasteiger partial charge in [0.2, 0.25) is 5.91 Å².